The van der Waals surface area contributed by atoms with Gasteiger partial charge in [-0.1, -0.05) is 105 Å². The highest BCUT2D eigenvalue weighted by molar-refractivity contribution is 5.91. The Hall–Kier alpha value is -3.13. The van der Waals surface area contributed by atoms with Crippen LogP contribution >= 0.6 is 0 Å². The Balaban J connectivity index is 1.63. The summed E-state index contributed by atoms with van der Waals surface area (Å²) in [7, 11) is 0. The number of rotatable bonds is 6. The molecule has 4 rings (SSSR count). The van der Waals surface area contributed by atoms with Crippen LogP contribution in [0.1, 0.15) is 67.8 Å². The van der Waals surface area contributed by atoms with E-state index in [-0.39, 0.29) is 6.04 Å². The Bertz CT molecular complexity index is 980. The van der Waals surface area contributed by atoms with Gasteiger partial charge in [-0.25, -0.2) is 0 Å². The van der Waals surface area contributed by atoms with Crippen molar-refractivity contribution in [2.45, 2.75) is 45.6 Å². The van der Waals surface area contributed by atoms with Gasteiger partial charge in [0.15, 0.2) is 0 Å². The largest absolute Gasteiger partial charge is 0.374 e. The van der Waals surface area contributed by atoms with Crippen LogP contribution < -0.4 is 5.32 Å². The van der Waals surface area contributed by atoms with Crippen LogP contribution in [0, 0.1) is 5.92 Å². The highest BCUT2D eigenvalue weighted by atomic mass is 15.0. The fourth-order valence-electron chi connectivity index (χ4n) is 4.33. The second kappa shape index (κ2) is 10.9. The molecule has 1 heterocycles. The average molecular weight is 423 g/mol. The molecule has 0 radical (unpaired) electrons. The Morgan fingerprint density at radius 3 is 2.00 bits per heavy atom. The van der Waals surface area contributed by atoms with E-state index in [4.69, 9.17) is 4.99 Å². The van der Waals surface area contributed by atoms with Gasteiger partial charge >= 0.3 is 0 Å². The van der Waals surface area contributed by atoms with E-state index in [9.17, 15) is 0 Å². The van der Waals surface area contributed by atoms with E-state index in [1.165, 1.54) is 52.9 Å². The lowest BCUT2D eigenvalue weighted by molar-refractivity contribution is 0.513. The molecule has 0 bridgehead atoms. The molecule has 1 aliphatic heterocycles. The second-order valence-corrected chi connectivity index (χ2v) is 8.96. The summed E-state index contributed by atoms with van der Waals surface area (Å²) >= 11 is 0. The lowest BCUT2D eigenvalue weighted by Gasteiger charge is -2.19. The summed E-state index contributed by atoms with van der Waals surface area (Å²) in [5, 5.41) is 3.55. The maximum Gasteiger partial charge on any atom is 0.0970 e. The van der Waals surface area contributed by atoms with E-state index in [0.717, 1.165) is 13.0 Å². The number of amidine groups is 1. The quantitative estimate of drug-likeness (QED) is 0.408. The van der Waals surface area contributed by atoms with Gasteiger partial charge in [0.2, 0.25) is 0 Å². The molecule has 164 valence electrons. The van der Waals surface area contributed by atoms with Crippen LogP contribution in [-0.2, 0) is 0 Å². The van der Waals surface area contributed by atoms with E-state index < -0.39 is 0 Å². The Labute approximate surface area is 193 Å². The molecule has 1 fully saturated rings. The van der Waals surface area contributed by atoms with Crippen LogP contribution in [0.2, 0.25) is 0 Å². The van der Waals surface area contributed by atoms with Crippen molar-refractivity contribution in [3.05, 3.63) is 107 Å². The first-order chi connectivity index (χ1) is 15.7. The summed E-state index contributed by atoms with van der Waals surface area (Å²) in [5.74, 6) is 1.64. The van der Waals surface area contributed by atoms with E-state index >= 15 is 0 Å². The molecule has 1 atom stereocenters. The molecule has 3 aromatic rings. The Kier molecular flexibility index (Phi) is 7.55. The van der Waals surface area contributed by atoms with Crippen LogP contribution in [0.5, 0.6) is 0 Å². The molecule has 1 aliphatic rings. The predicted octanol–water partition coefficient (Wildman–Crippen LogP) is 7.53. The molecule has 32 heavy (non-hydrogen) atoms. The van der Waals surface area contributed by atoms with Gasteiger partial charge in [-0.2, -0.15) is 0 Å². The number of nitrogens with zero attached hydrogens (tertiary/aromatic N) is 1. The first kappa shape index (κ1) is 22.1. The normalized spacial score (nSPS) is 16.3. The summed E-state index contributed by atoms with van der Waals surface area (Å²) in [5.41, 5.74) is 6.19. The lowest BCUT2D eigenvalue weighted by Crippen LogP contribution is -2.24. The van der Waals surface area contributed by atoms with E-state index in [0.29, 0.717) is 5.92 Å². The molecular formula is C30H34N2. The zero-order valence-corrected chi connectivity index (χ0v) is 19.3. The van der Waals surface area contributed by atoms with Crippen molar-refractivity contribution >= 4 is 17.5 Å². The molecule has 3 aromatic carbocycles. The van der Waals surface area contributed by atoms with Crippen molar-refractivity contribution in [1.29, 1.82) is 0 Å². The second-order valence-electron chi connectivity index (χ2n) is 8.96. The van der Waals surface area contributed by atoms with Gasteiger partial charge < -0.3 is 5.32 Å². The van der Waals surface area contributed by atoms with Gasteiger partial charge in [0.05, 0.1) is 11.9 Å². The number of benzene rings is 3. The van der Waals surface area contributed by atoms with Crippen molar-refractivity contribution < 1.29 is 0 Å². The van der Waals surface area contributed by atoms with Crippen molar-refractivity contribution in [2.24, 2.45) is 10.9 Å². The maximum absolute atomic E-state index is 5.14. The fourth-order valence-corrected chi connectivity index (χ4v) is 4.33. The topological polar surface area (TPSA) is 24.4 Å². The first-order valence-corrected chi connectivity index (χ1v) is 11.9. The molecule has 2 heteroatoms. The van der Waals surface area contributed by atoms with Gasteiger partial charge in [-0.15, -0.1) is 0 Å². The zero-order chi connectivity index (χ0) is 22.2. The molecule has 1 saturated heterocycles. The number of aliphatic imine (C=N–C) groups is 1. The maximum atomic E-state index is 5.14. The van der Waals surface area contributed by atoms with Gasteiger partial charge in [-0.3, -0.25) is 4.99 Å². The predicted molar refractivity (Wildman–Crippen MR) is 138 cm³/mol. The molecular weight excluding hydrogens is 388 g/mol. The van der Waals surface area contributed by atoms with Crippen LogP contribution in [0.4, 0.5) is 0 Å². The Morgan fingerprint density at radius 1 is 0.781 bits per heavy atom. The minimum absolute atomic E-state index is 0.191. The Morgan fingerprint density at radius 2 is 1.41 bits per heavy atom. The SMILES string of the molecule is CC(C)C(/N=C1\CCCCCN1)c1ccc(C=C(c2ccccc2)c2ccccc2)cc1. The minimum atomic E-state index is 0.191. The molecule has 0 saturated carbocycles. The monoisotopic (exact) mass is 422 g/mol. The van der Waals surface area contributed by atoms with Crippen molar-refractivity contribution in [3.63, 3.8) is 0 Å². The van der Waals surface area contributed by atoms with Crippen LogP contribution in [-0.4, -0.2) is 12.4 Å². The molecule has 0 aromatic heterocycles. The molecule has 2 nitrogen and oxygen atoms in total. The van der Waals surface area contributed by atoms with Crippen LogP contribution in [0.15, 0.2) is 89.9 Å². The molecule has 0 spiro atoms. The third kappa shape index (κ3) is 5.76. The smallest absolute Gasteiger partial charge is 0.0970 e. The summed E-state index contributed by atoms with van der Waals surface area (Å²) in [4.78, 5) is 5.14. The number of hydrogen-bond acceptors (Lipinski definition) is 1. The van der Waals surface area contributed by atoms with Gasteiger partial charge in [-0.05, 0) is 52.7 Å². The molecule has 1 unspecified atom stereocenters. The van der Waals surface area contributed by atoms with Gasteiger partial charge in [0.1, 0.15) is 0 Å². The summed E-state index contributed by atoms with van der Waals surface area (Å²) in [6.45, 7) is 5.58. The summed E-state index contributed by atoms with van der Waals surface area (Å²) in [6.07, 6.45) is 7.14. The standard InChI is InChI=1S/C30H34N2/c1-23(2)30(32-29-16-10-5-11-21-31-29)27-19-17-24(18-20-27)22-28(25-12-6-3-7-13-25)26-14-8-4-9-15-26/h3-4,6-9,12-15,17-20,22-23,30H,5,10-11,16,21H2,1-2H3,(H,31,32). The van der Waals surface area contributed by atoms with Crippen molar-refractivity contribution in [2.75, 3.05) is 6.54 Å². The van der Waals surface area contributed by atoms with Crippen LogP contribution in [0.25, 0.3) is 11.6 Å². The fraction of sp³-hybridized carbons (Fsp3) is 0.300. The minimum Gasteiger partial charge on any atom is -0.374 e. The average Bonchev–Trinajstić information content (AvgIpc) is 3.11. The molecule has 0 aliphatic carbocycles. The highest BCUT2D eigenvalue weighted by Crippen LogP contribution is 2.29. The number of nitrogens with one attached hydrogen (secondary N) is 1. The molecule has 1 N–H and O–H groups in total. The summed E-state index contributed by atoms with van der Waals surface area (Å²) < 4.78 is 0. The number of hydrogen-bond donors (Lipinski definition) is 1. The van der Waals surface area contributed by atoms with Crippen molar-refractivity contribution in [1.82, 2.24) is 5.32 Å². The zero-order valence-electron chi connectivity index (χ0n) is 19.3. The molecule has 0 amide bonds. The third-order valence-corrected chi connectivity index (χ3v) is 6.10. The van der Waals surface area contributed by atoms with Gasteiger partial charge in [0.25, 0.3) is 0 Å². The van der Waals surface area contributed by atoms with Gasteiger partial charge in [0, 0.05) is 13.0 Å². The van der Waals surface area contributed by atoms with E-state index in [1.807, 2.05) is 0 Å². The van der Waals surface area contributed by atoms with Crippen LogP contribution in [0.3, 0.4) is 0 Å². The van der Waals surface area contributed by atoms with E-state index in [1.54, 1.807) is 0 Å². The van der Waals surface area contributed by atoms with Crippen molar-refractivity contribution in [3.8, 4) is 0 Å². The first-order valence-electron chi connectivity index (χ1n) is 11.9. The lowest BCUT2D eigenvalue weighted by atomic mass is 9.93. The summed E-state index contributed by atoms with van der Waals surface area (Å²) in [6, 6.07) is 30.4. The third-order valence-electron chi connectivity index (χ3n) is 6.10. The highest BCUT2D eigenvalue weighted by Gasteiger charge is 2.17. The van der Waals surface area contributed by atoms with E-state index in [2.05, 4.69) is 110 Å².